The van der Waals surface area contributed by atoms with Gasteiger partial charge in [0.1, 0.15) is 12.0 Å². The number of aromatic nitrogens is 2. The molecule has 4 nitrogen and oxygen atoms in total. The Hall–Kier alpha value is -1.73. The first-order valence-electron chi connectivity index (χ1n) is 6.09. The summed E-state index contributed by atoms with van der Waals surface area (Å²) < 4.78 is 39.5. The lowest BCUT2D eigenvalue weighted by Gasteiger charge is -2.11. The number of aliphatic hydroxyl groups excluding tert-OH is 1. The molecule has 114 valence electrons. The second kappa shape index (κ2) is 5.95. The van der Waals surface area contributed by atoms with Gasteiger partial charge in [0, 0.05) is 17.3 Å². The van der Waals surface area contributed by atoms with E-state index in [9.17, 15) is 13.2 Å². The minimum atomic E-state index is -4.41. The van der Waals surface area contributed by atoms with E-state index in [0.29, 0.717) is 11.4 Å². The van der Waals surface area contributed by atoms with Crippen LogP contribution in [0.4, 0.5) is 19.0 Å². The van der Waals surface area contributed by atoms with Gasteiger partial charge in [0.2, 0.25) is 0 Å². The number of anilines is 1. The lowest BCUT2D eigenvalue weighted by Crippen LogP contribution is -2.14. The van der Waals surface area contributed by atoms with Gasteiger partial charge >= 0.3 is 6.18 Å². The third-order valence-corrected chi connectivity index (χ3v) is 3.07. The standard InChI is InChI=1S/C13H13ClF3N3O/c1-8(21)18-12-4-5-20(19-12)7-9-6-10(13(15,16)17)2-3-11(9)14/h2-6,8,21H,7H2,1H3,(H,18,19). The largest absolute Gasteiger partial charge is 0.416 e. The van der Waals surface area contributed by atoms with Gasteiger partial charge in [-0.3, -0.25) is 4.68 Å². The van der Waals surface area contributed by atoms with Crippen LogP contribution in [0.25, 0.3) is 0 Å². The van der Waals surface area contributed by atoms with Crippen LogP contribution in [0.3, 0.4) is 0 Å². The quantitative estimate of drug-likeness (QED) is 0.850. The van der Waals surface area contributed by atoms with E-state index in [1.165, 1.54) is 17.7 Å². The maximum Gasteiger partial charge on any atom is 0.416 e. The molecule has 0 radical (unpaired) electrons. The molecule has 0 aliphatic heterocycles. The number of benzene rings is 1. The highest BCUT2D eigenvalue weighted by molar-refractivity contribution is 6.31. The van der Waals surface area contributed by atoms with Crippen LogP contribution in [0.15, 0.2) is 30.5 Å². The Labute approximate surface area is 124 Å². The first-order valence-corrected chi connectivity index (χ1v) is 6.47. The fourth-order valence-electron chi connectivity index (χ4n) is 1.79. The third-order valence-electron chi connectivity index (χ3n) is 2.70. The average molecular weight is 320 g/mol. The number of hydrogen-bond acceptors (Lipinski definition) is 3. The van der Waals surface area contributed by atoms with Gasteiger partial charge < -0.3 is 10.4 Å². The highest BCUT2D eigenvalue weighted by Crippen LogP contribution is 2.32. The van der Waals surface area contributed by atoms with Crippen LogP contribution in [0.1, 0.15) is 18.1 Å². The molecule has 2 aromatic rings. The molecular formula is C13H13ClF3N3O. The summed E-state index contributed by atoms with van der Waals surface area (Å²) in [6.07, 6.45) is -3.60. The van der Waals surface area contributed by atoms with Crippen molar-refractivity contribution < 1.29 is 18.3 Å². The van der Waals surface area contributed by atoms with Crippen molar-refractivity contribution in [2.75, 3.05) is 5.32 Å². The second-order valence-corrected chi connectivity index (χ2v) is 4.93. The Bertz CT molecular complexity index is 625. The summed E-state index contributed by atoms with van der Waals surface area (Å²) in [5, 5.41) is 16.2. The van der Waals surface area contributed by atoms with Crippen LogP contribution in [0, 0.1) is 0 Å². The zero-order valence-electron chi connectivity index (χ0n) is 11.0. The summed E-state index contributed by atoms with van der Waals surface area (Å²) in [4.78, 5) is 0. The fourth-order valence-corrected chi connectivity index (χ4v) is 1.96. The summed E-state index contributed by atoms with van der Waals surface area (Å²) in [5.74, 6) is 0.424. The van der Waals surface area contributed by atoms with E-state index in [-0.39, 0.29) is 11.6 Å². The van der Waals surface area contributed by atoms with Gasteiger partial charge in [0.05, 0.1) is 12.1 Å². The lowest BCUT2D eigenvalue weighted by molar-refractivity contribution is -0.137. The number of rotatable bonds is 4. The van der Waals surface area contributed by atoms with Crippen molar-refractivity contribution >= 4 is 17.4 Å². The number of hydrogen-bond donors (Lipinski definition) is 2. The van der Waals surface area contributed by atoms with Crippen LogP contribution in [-0.2, 0) is 12.7 Å². The SMILES string of the molecule is CC(O)Nc1ccn(Cc2cc(C(F)(F)F)ccc2Cl)n1. The van der Waals surface area contributed by atoms with Gasteiger partial charge in [-0.25, -0.2) is 0 Å². The molecule has 0 aliphatic carbocycles. The Morgan fingerprint density at radius 1 is 1.38 bits per heavy atom. The van der Waals surface area contributed by atoms with Crippen LogP contribution >= 0.6 is 11.6 Å². The minimum Gasteiger partial charge on any atom is -0.374 e. The third kappa shape index (κ3) is 4.12. The van der Waals surface area contributed by atoms with Crippen molar-refractivity contribution in [2.24, 2.45) is 0 Å². The molecule has 2 N–H and O–H groups in total. The number of halogens is 4. The van der Waals surface area contributed by atoms with E-state index in [0.717, 1.165) is 12.1 Å². The molecule has 1 heterocycles. The van der Waals surface area contributed by atoms with Crippen molar-refractivity contribution in [3.8, 4) is 0 Å². The van der Waals surface area contributed by atoms with Gasteiger partial charge in [0.25, 0.3) is 0 Å². The number of nitrogens with zero attached hydrogens (tertiary/aromatic N) is 2. The minimum absolute atomic E-state index is 0.101. The summed E-state index contributed by atoms with van der Waals surface area (Å²) in [6, 6.07) is 4.77. The van der Waals surface area contributed by atoms with Crippen LogP contribution in [-0.4, -0.2) is 21.1 Å². The van der Waals surface area contributed by atoms with Crippen molar-refractivity contribution in [1.29, 1.82) is 0 Å². The molecule has 21 heavy (non-hydrogen) atoms. The first kappa shape index (κ1) is 15.7. The number of alkyl halides is 3. The zero-order valence-corrected chi connectivity index (χ0v) is 11.8. The normalized spacial score (nSPS) is 13.2. The predicted octanol–water partition coefficient (Wildman–Crippen LogP) is 3.35. The summed E-state index contributed by atoms with van der Waals surface area (Å²) in [6.45, 7) is 1.63. The molecule has 1 aromatic heterocycles. The summed E-state index contributed by atoms with van der Waals surface area (Å²) in [5.41, 5.74) is -0.436. The molecule has 0 amide bonds. The van der Waals surface area contributed by atoms with Gasteiger partial charge in [0.15, 0.2) is 0 Å². The molecule has 1 atom stereocenters. The van der Waals surface area contributed by atoms with Crippen molar-refractivity contribution in [3.63, 3.8) is 0 Å². The highest BCUT2D eigenvalue weighted by Gasteiger charge is 2.30. The zero-order chi connectivity index (χ0) is 15.6. The molecule has 1 aromatic carbocycles. The van der Waals surface area contributed by atoms with Gasteiger partial charge in [-0.2, -0.15) is 18.3 Å². The lowest BCUT2D eigenvalue weighted by atomic mass is 10.1. The van der Waals surface area contributed by atoms with E-state index in [1.807, 2.05) is 0 Å². The summed E-state index contributed by atoms with van der Waals surface area (Å²) in [7, 11) is 0. The topological polar surface area (TPSA) is 50.1 Å². The molecule has 0 aliphatic rings. The van der Waals surface area contributed by atoms with Gasteiger partial charge in [-0.15, -0.1) is 0 Å². The average Bonchev–Trinajstić information content (AvgIpc) is 2.77. The smallest absolute Gasteiger partial charge is 0.374 e. The van der Waals surface area contributed by atoms with E-state index in [4.69, 9.17) is 16.7 Å². The number of aliphatic hydroxyl groups is 1. The Morgan fingerprint density at radius 2 is 2.10 bits per heavy atom. The first-order chi connectivity index (χ1) is 9.75. The molecule has 8 heteroatoms. The molecule has 0 bridgehead atoms. The molecular weight excluding hydrogens is 307 g/mol. The van der Waals surface area contributed by atoms with Crippen LogP contribution in [0.2, 0.25) is 5.02 Å². The fraction of sp³-hybridized carbons (Fsp3) is 0.308. The molecule has 0 saturated heterocycles. The Morgan fingerprint density at radius 3 is 2.71 bits per heavy atom. The van der Waals surface area contributed by atoms with Gasteiger partial charge in [-0.05, 0) is 30.7 Å². The molecule has 1 unspecified atom stereocenters. The predicted molar refractivity (Wildman–Crippen MR) is 73.1 cm³/mol. The van der Waals surface area contributed by atoms with E-state index >= 15 is 0 Å². The Kier molecular flexibility index (Phi) is 4.43. The van der Waals surface area contributed by atoms with E-state index in [1.54, 1.807) is 12.3 Å². The highest BCUT2D eigenvalue weighted by atomic mass is 35.5. The van der Waals surface area contributed by atoms with E-state index < -0.39 is 18.0 Å². The molecule has 0 fully saturated rings. The Balaban J connectivity index is 2.21. The maximum atomic E-state index is 12.7. The molecule has 0 saturated carbocycles. The van der Waals surface area contributed by atoms with Crippen molar-refractivity contribution in [1.82, 2.24) is 9.78 Å². The van der Waals surface area contributed by atoms with Gasteiger partial charge in [-0.1, -0.05) is 11.6 Å². The summed E-state index contributed by atoms with van der Waals surface area (Å²) >= 11 is 5.92. The molecule has 2 rings (SSSR count). The van der Waals surface area contributed by atoms with Crippen molar-refractivity contribution in [3.05, 3.63) is 46.6 Å². The second-order valence-electron chi connectivity index (χ2n) is 4.52. The molecule has 0 spiro atoms. The maximum absolute atomic E-state index is 12.7. The van der Waals surface area contributed by atoms with Crippen LogP contribution in [0.5, 0.6) is 0 Å². The number of nitrogens with one attached hydrogen (secondary N) is 1. The van der Waals surface area contributed by atoms with E-state index in [2.05, 4.69) is 10.4 Å². The van der Waals surface area contributed by atoms with Crippen LogP contribution < -0.4 is 5.32 Å². The monoisotopic (exact) mass is 319 g/mol. The van der Waals surface area contributed by atoms with Crippen molar-refractivity contribution in [2.45, 2.75) is 25.9 Å².